The maximum absolute atomic E-state index is 12.6. The molecule has 1 atom stereocenters. The first-order chi connectivity index (χ1) is 13.1. The lowest BCUT2D eigenvalue weighted by molar-refractivity contribution is -0.124. The number of hydrogen-bond donors (Lipinski definition) is 1. The molecule has 28 heavy (non-hydrogen) atoms. The number of halogens is 1. The van der Waals surface area contributed by atoms with Gasteiger partial charge in [0.2, 0.25) is 0 Å². The Hall–Kier alpha value is -2.01. The number of aryl methyl sites for hydroxylation is 1. The summed E-state index contributed by atoms with van der Waals surface area (Å²) >= 11 is 3.54. The molecule has 1 N–H and O–H groups in total. The predicted molar refractivity (Wildman–Crippen MR) is 115 cm³/mol. The van der Waals surface area contributed by atoms with E-state index in [-0.39, 0.29) is 24.2 Å². The van der Waals surface area contributed by atoms with E-state index in [4.69, 9.17) is 9.47 Å². The van der Waals surface area contributed by atoms with Gasteiger partial charge >= 0.3 is 0 Å². The number of carbonyl (C=O) groups excluding carboxylic acids is 1. The number of fused-ring (bicyclic) bond motifs is 1. The zero-order valence-corrected chi connectivity index (χ0v) is 18.7. The molecule has 1 unspecified atom stereocenters. The van der Waals surface area contributed by atoms with Crippen molar-refractivity contribution in [2.75, 3.05) is 6.61 Å². The molecule has 0 aliphatic carbocycles. The van der Waals surface area contributed by atoms with Gasteiger partial charge in [0, 0.05) is 12.0 Å². The molecular weight excluding hydrogens is 418 g/mol. The minimum absolute atomic E-state index is 0.0292. The van der Waals surface area contributed by atoms with Crippen LogP contribution in [-0.4, -0.2) is 18.1 Å². The Morgan fingerprint density at radius 3 is 2.71 bits per heavy atom. The normalized spacial score (nSPS) is 17.6. The number of nitrogens with one attached hydrogen (secondary N) is 1. The molecule has 2 aromatic rings. The molecule has 3 rings (SSSR count). The largest absolute Gasteiger partial charge is 0.487 e. The van der Waals surface area contributed by atoms with Crippen LogP contribution in [0.15, 0.2) is 40.9 Å². The molecule has 0 bridgehead atoms. The number of rotatable bonds is 5. The van der Waals surface area contributed by atoms with Crippen molar-refractivity contribution >= 4 is 21.8 Å². The Labute approximate surface area is 175 Å². The minimum atomic E-state index is -0.337. The van der Waals surface area contributed by atoms with Crippen LogP contribution in [0.5, 0.6) is 11.5 Å². The summed E-state index contributed by atoms with van der Waals surface area (Å²) in [6.45, 7) is 10.4. The predicted octanol–water partition coefficient (Wildman–Crippen LogP) is 5.68. The van der Waals surface area contributed by atoms with Gasteiger partial charge in [0.15, 0.2) is 6.61 Å². The average Bonchev–Trinajstić information content (AvgIpc) is 2.60. The molecule has 0 saturated carbocycles. The lowest BCUT2D eigenvalue weighted by Crippen LogP contribution is -2.42. The SMILES string of the molecule is Cc1ccc2c(c1)C(NC(=O)COc1ccc(C(C)C)cc1Br)CC(C)(C)O2. The molecule has 0 saturated heterocycles. The molecule has 0 aromatic heterocycles. The summed E-state index contributed by atoms with van der Waals surface area (Å²) in [5.74, 6) is 1.80. The average molecular weight is 446 g/mol. The number of carbonyl (C=O) groups is 1. The number of hydrogen-bond acceptors (Lipinski definition) is 3. The van der Waals surface area contributed by atoms with E-state index in [2.05, 4.69) is 41.2 Å². The lowest BCUT2D eigenvalue weighted by atomic mass is 9.89. The third kappa shape index (κ3) is 4.88. The van der Waals surface area contributed by atoms with Gasteiger partial charge in [-0.25, -0.2) is 0 Å². The van der Waals surface area contributed by atoms with Crippen LogP contribution in [0.25, 0.3) is 0 Å². The third-order valence-corrected chi connectivity index (χ3v) is 5.56. The van der Waals surface area contributed by atoms with Crippen molar-refractivity contribution in [1.82, 2.24) is 5.32 Å². The highest BCUT2D eigenvalue weighted by atomic mass is 79.9. The van der Waals surface area contributed by atoms with E-state index in [0.29, 0.717) is 18.1 Å². The highest BCUT2D eigenvalue weighted by Crippen LogP contribution is 2.39. The third-order valence-electron chi connectivity index (χ3n) is 4.94. The summed E-state index contributed by atoms with van der Waals surface area (Å²) in [6.07, 6.45) is 0.710. The molecule has 1 aliphatic rings. The maximum Gasteiger partial charge on any atom is 0.258 e. The highest BCUT2D eigenvalue weighted by molar-refractivity contribution is 9.10. The van der Waals surface area contributed by atoms with E-state index in [1.54, 1.807) is 0 Å². The van der Waals surface area contributed by atoms with E-state index < -0.39 is 0 Å². The Balaban J connectivity index is 1.67. The molecule has 4 nitrogen and oxygen atoms in total. The molecule has 1 amide bonds. The summed E-state index contributed by atoms with van der Waals surface area (Å²) in [6, 6.07) is 12.0. The first kappa shape index (κ1) is 20.7. The molecule has 1 heterocycles. The maximum atomic E-state index is 12.6. The quantitative estimate of drug-likeness (QED) is 0.643. The fourth-order valence-corrected chi connectivity index (χ4v) is 3.99. The molecule has 0 fully saturated rings. The van der Waals surface area contributed by atoms with Crippen LogP contribution in [0.4, 0.5) is 0 Å². The van der Waals surface area contributed by atoms with Crippen molar-refractivity contribution in [3.63, 3.8) is 0 Å². The second-order valence-electron chi connectivity index (χ2n) is 8.36. The fraction of sp³-hybridized carbons (Fsp3) is 0.435. The van der Waals surface area contributed by atoms with E-state index in [1.807, 2.05) is 51.1 Å². The van der Waals surface area contributed by atoms with Gasteiger partial charge in [-0.05, 0) is 66.4 Å². The van der Waals surface area contributed by atoms with Crippen LogP contribution in [0.1, 0.15) is 62.8 Å². The summed E-state index contributed by atoms with van der Waals surface area (Å²) in [4.78, 5) is 12.6. The van der Waals surface area contributed by atoms with Crippen molar-refractivity contribution in [1.29, 1.82) is 0 Å². The van der Waals surface area contributed by atoms with Gasteiger partial charge < -0.3 is 14.8 Å². The van der Waals surface area contributed by atoms with Crippen LogP contribution >= 0.6 is 15.9 Å². The van der Waals surface area contributed by atoms with Gasteiger partial charge in [-0.3, -0.25) is 4.79 Å². The zero-order valence-electron chi connectivity index (χ0n) is 17.1. The second kappa shape index (κ2) is 8.16. The van der Waals surface area contributed by atoms with E-state index >= 15 is 0 Å². The monoisotopic (exact) mass is 445 g/mol. The minimum Gasteiger partial charge on any atom is -0.487 e. The van der Waals surface area contributed by atoms with Gasteiger partial charge in [-0.1, -0.05) is 37.6 Å². The standard InChI is InChI=1S/C23H28BrNO3/c1-14(2)16-7-9-21(18(24)11-16)27-13-22(26)25-19-12-23(4,5)28-20-8-6-15(3)10-17(19)20/h6-11,14,19H,12-13H2,1-5H3,(H,25,26). The molecule has 0 radical (unpaired) electrons. The second-order valence-corrected chi connectivity index (χ2v) is 9.21. The van der Waals surface area contributed by atoms with Gasteiger partial charge in [0.05, 0.1) is 10.5 Å². The lowest BCUT2D eigenvalue weighted by Gasteiger charge is -2.38. The van der Waals surface area contributed by atoms with E-state index in [1.165, 1.54) is 5.56 Å². The van der Waals surface area contributed by atoms with Gasteiger partial charge in [-0.2, -0.15) is 0 Å². The van der Waals surface area contributed by atoms with E-state index in [0.717, 1.165) is 21.3 Å². The molecule has 2 aromatic carbocycles. The molecule has 1 aliphatic heterocycles. The van der Waals surface area contributed by atoms with Crippen molar-refractivity contribution in [2.45, 2.75) is 58.6 Å². The molecular formula is C23H28BrNO3. The fourth-order valence-electron chi connectivity index (χ4n) is 3.48. The first-order valence-corrected chi connectivity index (χ1v) is 10.4. The molecule has 5 heteroatoms. The van der Waals surface area contributed by atoms with Gasteiger partial charge in [0.1, 0.15) is 17.1 Å². The Kier molecular flexibility index (Phi) is 6.04. The van der Waals surface area contributed by atoms with Crippen molar-refractivity contribution in [3.05, 3.63) is 57.6 Å². The summed E-state index contributed by atoms with van der Waals surface area (Å²) < 4.78 is 12.7. The van der Waals surface area contributed by atoms with Crippen LogP contribution in [0.3, 0.4) is 0 Å². The first-order valence-electron chi connectivity index (χ1n) is 9.66. The smallest absolute Gasteiger partial charge is 0.258 e. The van der Waals surface area contributed by atoms with Crippen molar-refractivity contribution in [3.8, 4) is 11.5 Å². The molecule has 150 valence electrons. The molecule has 0 spiro atoms. The number of benzene rings is 2. The summed E-state index contributed by atoms with van der Waals surface area (Å²) in [5.41, 5.74) is 3.05. The van der Waals surface area contributed by atoms with Crippen LogP contribution < -0.4 is 14.8 Å². The van der Waals surface area contributed by atoms with E-state index in [9.17, 15) is 4.79 Å². The Morgan fingerprint density at radius 2 is 2.04 bits per heavy atom. The van der Waals surface area contributed by atoms with Crippen molar-refractivity contribution < 1.29 is 14.3 Å². The zero-order chi connectivity index (χ0) is 20.5. The van der Waals surface area contributed by atoms with Crippen molar-refractivity contribution in [2.24, 2.45) is 0 Å². The Morgan fingerprint density at radius 1 is 1.29 bits per heavy atom. The topological polar surface area (TPSA) is 47.6 Å². The summed E-state index contributed by atoms with van der Waals surface area (Å²) in [5, 5.41) is 3.12. The van der Waals surface area contributed by atoms with Crippen LogP contribution in [0, 0.1) is 6.92 Å². The van der Waals surface area contributed by atoms with Gasteiger partial charge in [-0.15, -0.1) is 0 Å². The number of ether oxygens (including phenoxy) is 2. The van der Waals surface area contributed by atoms with Crippen LogP contribution in [-0.2, 0) is 4.79 Å². The number of amides is 1. The Bertz CT molecular complexity index is 876. The van der Waals surface area contributed by atoms with Crippen LogP contribution in [0.2, 0.25) is 0 Å². The summed E-state index contributed by atoms with van der Waals surface area (Å²) in [7, 11) is 0. The van der Waals surface area contributed by atoms with Gasteiger partial charge in [0.25, 0.3) is 5.91 Å². The highest BCUT2D eigenvalue weighted by Gasteiger charge is 2.34.